The first-order chi connectivity index (χ1) is 9.65. The maximum atomic E-state index is 13.2. The zero-order chi connectivity index (χ0) is 14.5. The number of hydrogen-bond acceptors (Lipinski definition) is 3. The fourth-order valence-corrected chi connectivity index (χ4v) is 1.79. The Hall–Kier alpha value is -1.79. The Morgan fingerprint density at radius 1 is 1.10 bits per heavy atom. The molecule has 4 nitrogen and oxygen atoms in total. The second kappa shape index (κ2) is 6.58. The van der Waals surface area contributed by atoms with Crippen molar-refractivity contribution in [2.45, 2.75) is 20.1 Å². The summed E-state index contributed by atoms with van der Waals surface area (Å²) in [6.45, 7) is 4.70. The molecule has 108 valence electrons. The van der Waals surface area contributed by atoms with Gasteiger partial charge < -0.3 is 9.47 Å². The van der Waals surface area contributed by atoms with Crippen molar-refractivity contribution in [1.82, 2.24) is 10.2 Å². The number of halogens is 2. The highest BCUT2D eigenvalue weighted by Crippen LogP contribution is 2.24. The van der Waals surface area contributed by atoms with E-state index in [0.717, 1.165) is 12.1 Å². The molecule has 6 heteroatoms. The lowest BCUT2D eigenvalue weighted by molar-refractivity contribution is -0.142. The van der Waals surface area contributed by atoms with Gasteiger partial charge in [-0.3, -0.25) is 5.10 Å². The molecule has 0 aliphatic carbocycles. The summed E-state index contributed by atoms with van der Waals surface area (Å²) in [4.78, 5) is 0. The molecule has 0 saturated carbocycles. The molecule has 2 rings (SSSR count). The third-order valence-corrected chi connectivity index (χ3v) is 2.70. The van der Waals surface area contributed by atoms with Gasteiger partial charge in [0.15, 0.2) is 17.9 Å². The molecule has 1 aromatic carbocycles. The van der Waals surface area contributed by atoms with E-state index in [-0.39, 0.29) is 0 Å². The lowest BCUT2D eigenvalue weighted by Gasteiger charge is -2.14. The third-order valence-electron chi connectivity index (χ3n) is 2.70. The second-order valence-electron chi connectivity index (χ2n) is 4.08. The Bertz CT molecular complexity index is 566. The molecular weight excluding hydrogens is 266 g/mol. The summed E-state index contributed by atoms with van der Waals surface area (Å²) in [6.07, 6.45) is -0.545. The normalized spacial score (nSPS) is 11.2. The Balaban J connectivity index is 2.24. The Kier molecular flexibility index (Phi) is 4.81. The minimum Gasteiger partial charge on any atom is -0.347 e. The molecule has 0 aliphatic heterocycles. The average Bonchev–Trinajstić information content (AvgIpc) is 2.91. The summed E-state index contributed by atoms with van der Waals surface area (Å²) in [7, 11) is 0. The lowest BCUT2D eigenvalue weighted by atomic mass is 10.1. The molecule has 0 amide bonds. The SMILES string of the molecule is CCOC(OCC)c1cc(-c2ccc(F)c(F)c2)n[nH]1. The monoisotopic (exact) mass is 282 g/mol. The van der Waals surface area contributed by atoms with E-state index in [9.17, 15) is 8.78 Å². The molecule has 1 aromatic heterocycles. The van der Waals surface area contributed by atoms with Crippen molar-refractivity contribution in [2.24, 2.45) is 0 Å². The molecule has 1 heterocycles. The van der Waals surface area contributed by atoms with Gasteiger partial charge in [-0.2, -0.15) is 5.10 Å². The number of benzene rings is 1. The van der Waals surface area contributed by atoms with E-state index in [1.165, 1.54) is 6.07 Å². The maximum Gasteiger partial charge on any atom is 0.200 e. The zero-order valence-corrected chi connectivity index (χ0v) is 11.3. The summed E-state index contributed by atoms with van der Waals surface area (Å²) in [6, 6.07) is 5.34. The van der Waals surface area contributed by atoms with Crippen LogP contribution in [-0.2, 0) is 9.47 Å². The van der Waals surface area contributed by atoms with Crippen molar-refractivity contribution in [3.05, 3.63) is 41.6 Å². The number of H-pyrrole nitrogens is 1. The molecule has 0 atom stereocenters. The van der Waals surface area contributed by atoms with E-state index in [2.05, 4.69) is 10.2 Å². The number of hydrogen-bond donors (Lipinski definition) is 1. The van der Waals surface area contributed by atoms with E-state index < -0.39 is 17.9 Å². The third kappa shape index (κ3) is 3.20. The van der Waals surface area contributed by atoms with Crippen LogP contribution in [0.2, 0.25) is 0 Å². The molecule has 1 N–H and O–H groups in total. The largest absolute Gasteiger partial charge is 0.347 e. The fraction of sp³-hybridized carbons (Fsp3) is 0.357. The van der Waals surface area contributed by atoms with Gasteiger partial charge in [-0.15, -0.1) is 0 Å². The molecule has 20 heavy (non-hydrogen) atoms. The number of nitrogens with zero attached hydrogens (tertiary/aromatic N) is 1. The molecule has 0 unspecified atom stereocenters. The molecule has 0 radical (unpaired) electrons. The van der Waals surface area contributed by atoms with Crippen LogP contribution in [0.1, 0.15) is 25.8 Å². The van der Waals surface area contributed by atoms with Gasteiger partial charge in [-0.05, 0) is 38.1 Å². The topological polar surface area (TPSA) is 47.1 Å². The predicted molar refractivity (Wildman–Crippen MR) is 69.9 cm³/mol. The van der Waals surface area contributed by atoms with Crippen LogP contribution in [-0.4, -0.2) is 23.4 Å². The van der Waals surface area contributed by atoms with Gasteiger partial charge in [0.2, 0.25) is 0 Å². The van der Waals surface area contributed by atoms with Crippen LogP contribution >= 0.6 is 0 Å². The van der Waals surface area contributed by atoms with Crippen molar-refractivity contribution in [3.63, 3.8) is 0 Å². The van der Waals surface area contributed by atoms with Crippen LogP contribution < -0.4 is 0 Å². The van der Waals surface area contributed by atoms with Crippen molar-refractivity contribution >= 4 is 0 Å². The van der Waals surface area contributed by atoms with Crippen LogP contribution in [0.3, 0.4) is 0 Å². The number of ether oxygens (including phenoxy) is 2. The van der Waals surface area contributed by atoms with Crippen molar-refractivity contribution in [2.75, 3.05) is 13.2 Å². The lowest BCUT2D eigenvalue weighted by Crippen LogP contribution is -2.09. The van der Waals surface area contributed by atoms with Crippen molar-refractivity contribution in [3.8, 4) is 11.3 Å². The van der Waals surface area contributed by atoms with Crippen LogP contribution in [0.25, 0.3) is 11.3 Å². The van der Waals surface area contributed by atoms with E-state index >= 15 is 0 Å². The highest BCUT2D eigenvalue weighted by atomic mass is 19.2. The van der Waals surface area contributed by atoms with Gasteiger partial charge >= 0.3 is 0 Å². The standard InChI is InChI=1S/C14H16F2N2O2/c1-3-19-14(20-4-2)13-8-12(17-18-13)9-5-6-10(15)11(16)7-9/h5-8,14H,3-4H2,1-2H3,(H,17,18). The van der Waals surface area contributed by atoms with Crippen molar-refractivity contribution < 1.29 is 18.3 Å². The maximum absolute atomic E-state index is 13.2. The Labute approximate surface area is 115 Å². The molecule has 0 bridgehead atoms. The van der Waals surface area contributed by atoms with Gasteiger partial charge in [0, 0.05) is 18.8 Å². The van der Waals surface area contributed by atoms with Gasteiger partial charge in [0.1, 0.15) is 0 Å². The van der Waals surface area contributed by atoms with Gasteiger partial charge in [0.25, 0.3) is 0 Å². The van der Waals surface area contributed by atoms with E-state index in [1.807, 2.05) is 13.8 Å². The molecule has 0 saturated heterocycles. The zero-order valence-electron chi connectivity index (χ0n) is 11.3. The van der Waals surface area contributed by atoms with E-state index in [4.69, 9.17) is 9.47 Å². The summed E-state index contributed by atoms with van der Waals surface area (Å²) in [5.41, 5.74) is 1.62. The summed E-state index contributed by atoms with van der Waals surface area (Å²) in [5.74, 6) is -1.79. The quantitative estimate of drug-likeness (QED) is 0.826. The van der Waals surface area contributed by atoms with Crippen LogP contribution in [0.4, 0.5) is 8.78 Å². The second-order valence-corrected chi connectivity index (χ2v) is 4.08. The first-order valence-electron chi connectivity index (χ1n) is 6.39. The molecule has 0 aliphatic rings. The van der Waals surface area contributed by atoms with Gasteiger partial charge in [-0.25, -0.2) is 8.78 Å². The predicted octanol–water partition coefficient (Wildman–Crippen LogP) is 3.43. The van der Waals surface area contributed by atoms with Crippen LogP contribution in [0, 0.1) is 11.6 Å². The molecule has 0 fully saturated rings. The minimum absolute atomic E-state index is 0.484. The average molecular weight is 282 g/mol. The Morgan fingerprint density at radius 2 is 1.80 bits per heavy atom. The number of nitrogens with one attached hydrogen (secondary N) is 1. The van der Waals surface area contributed by atoms with Crippen molar-refractivity contribution in [1.29, 1.82) is 0 Å². The van der Waals surface area contributed by atoms with Gasteiger partial charge in [0.05, 0.1) is 11.4 Å². The number of aromatic amines is 1. The number of rotatable bonds is 6. The first kappa shape index (κ1) is 14.6. The smallest absolute Gasteiger partial charge is 0.200 e. The first-order valence-corrected chi connectivity index (χ1v) is 6.39. The Morgan fingerprint density at radius 3 is 2.40 bits per heavy atom. The molecule has 0 spiro atoms. The molecule has 2 aromatic rings. The number of aromatic nitrogens is 2. The summed E-state index contributed by atoms with van der Waals surface area (Å²) >= 11 is 0. The minimum atomic E-state index is -0.904. The van der Waals surface area contributed by atoms with Crippen LogP contribution in [0.15, 0.2) is 24.3 Å². The molecular formula is C14H16F2N2O2. The fourth-order valence-electron chi connectivity index (χ4n) is 1.79. The van der Waals surface area contributed by atoms with E-state index in [0.29, 0.717) is 30.2 Å². The highest BCUT2D eigenvalue weighted by Gasteiger charge is 2.16. The summed E-state index contributed by atoms with van der Waals surface area (Å²) < 4.78 is 37.0. The van der Waals surface area contributed by atoms with E-state index in [1.54, 1.807) is 6.07 Å². The summed E-state index contributed by atoms with van der Waals surface area (Å²) in [5, 5.41) is 6.86. The van der Waals surface area contributed by atoms with Crippen LogP contribution in [0.5, 0.6) is 0 Å². The highest BCUT2D eigenvalue weighted by molar-refractivity contribution is 5.59. The van der Waals surface area contributed by atoms with Gasteiger partial charge in [-0.1, -0.05) is 0 Å².